The first-order chi connectivity index (χ1) is 13.9. The Morgan fingerprint density at radius 3 is 2.72 bits per heavy atom. The molecule has 0 bridgehead atoms. The van der Waals surface area contributed by atoms with Crippen molar-refractivity contribution >= 4 is 17.7 Å². The van der Waals surface area contributed by atoms with E-state index in [1.165, 1.54) is 17.8 Å². The van der Waals surface area contributed by atoms with Crippen molar-refractivity contribution in [1.82, 2.24) is 24.6 Å². The summed E-state index contributed by atoms with van der Waals surface area (Å²) in [6, 6.07) is 8.67. The zero-order valence-electron chi connectivity index (χ0n) is 16.9. The van der Waals surface area contributed by atoms with Gasteiger partial charge >= 0.3 is 0 Å². The predicted molar refractivity (Wildman–Crippen MR) is 112 cm³/mol. The van der Waals surface area contributed by atoms with E-state index in [1.807, 2.05) is 40.7 Å². The van der Waals surface area contributed by atoms with E-state index in [2.05, 4.69) is 29.4 Å². The van der Waals surface area contributed by atoms with Gasteiger partial charge in [-0.1, -0.05) is 43.8 Å². The standard InChI is InChI=1S/C21H26FN5OS/c1-15(2)12-27-19(11-23-20(28)10-16-8-9-26(3)13-16)24-25-21(27)29-14-17-6-4-5-7-18(17)22/h4-9,13,15H,10-12,14H2,1-3H3,(H,23,28). The fraction of sp³-hybridized carbons (Fsp3) is 0.381. The summed E-state index contributed by atoms with van der Waals surface area (Å²) in [6.45, 7) is 5.27. The molecule has 3 aromatic rings. The van der Waals surface area contributed by atoms with Gasteiger partial charge in [0, 0.05) is 31.7 Å². The zero-order chi connectivity index (χ0) is 20.8. The van der Waals surface area contributed by atoms with Crippen LogP contribution < -0.4 is 5.32 Å². The third-order valence-corrected chi connectivity index (χ3v) is 5.37. The van der Waals surface area contributed by atoms with E-state index >= 15 is 0 Å². The second-order valence-corrected chi connectivity index (χ2v) is 8.36. The molecule has 29 heavy (non-hydrogen) atoms. The first kappa shape index (κ1) is 21.1. The molecule has 0 saturated heterocycles. The van der Waals surface area contributed by atoms with Crippen LogP contribution in [0, 0.1) is 11.7 Å². The Bertz CT molecular complexity index is 966. The first-order valence-corrected chi connectivity index (χ1v) is 10.6. The number of amides is 1. The Labute approximate surface area is 174 Å². The van der Waals surface area contributed by atoms with Gasteiger partial charge in [0.05, 0.1) is 13.0 Å². The fourth-order valence-corrected chi connectivity index (χ4v) is 3.91. The summed E-state index contributed by atoms with van der Waals surface area (Å²) in [4.78, 5) is 12.3. The van der Waals surface area contributed by atoms with Crippen LogP contribution in [0.1, 0.15) is 30.8 Å². The molecule has 6 nitrogen and oxygen atoms in total. The molecule has 0 aliphatic carbocycles. The maximum Gasteiger partial charge on any atom is 0.224 e. The van der Waals surface area contributed by atoms with Gasteiger partial charge in [-0.05, 0) is 29.2 Å². The third-order valence-electron chi connectivity index (χ3n) is 4.36. The average Bonchev–Trinajstić information content (AvgIpc) is 3.25. The van der Waals surface area contributed by atoms with Crippen LogP contribution in [0.5, 0.6) is 0 Å². The van der Waals surface area contributed by atoms with Gasteiger partial charge in [0.2, 0.25) is 5.91 Å². The highest BCUT2D eigenvalue weighted by Crippen LogP contribution is 2.24. The van der Waals surface area contributed by atoms with Crippen molar-refractivity contribution in [2.45, 2.75) is 44.3 Å². The van der Waals surface area contributed by atoms with Gasteiger partial charge in [0.1, 0.15) is 5.82 Å². The van der Waals surface area contributed by atoms with E-state index in [0.29, 0.717) is 36.0 Å². The molecular formula is C21H26FN5OS. The Morgan fingerprint density at radius 1 is 1.24 bits per heavy atom. The average molecular weight is 416 g/mol. The van der Waals surface area contributed by atoms with E-state index in [0.717, 1.165) is 17.3 Å². The number of hydrogen-bond donors (Lipinski definition) is 1. The quantitative estimate of drug-likeness (QED) is 0.543. The molecule has 0 fully saturated rings. The van der Waals surface area contributed by atoms with Crippen molar-refractivity contribution in [2.75, 3.05) is 0 Å². The van der Waals surface area contributed by atoms with Crippen LogP contribution in [0.3, 0.4) is 0 Å². The number of nitrogens with zero attached hydrogens (tertiary/aromatic N) is 4. The fourth-order valence-electron chi connectivity index (χ4n) is 2.95. The van der Waals surface area contributed by atoms with Crippen LogP contribution in [0.15, 0.2) is 47.9 Å². The van der Waals surface area contributed by atoms with Gasteiger partial charge in [-0.15, -0.1) is 10.2 Å². The van der Waals surface area contributed by atoms with E-state index < -0.39 is 0 Å². The normalized spacial score (nSPS) is 11.2. The van der Waals surface area contributed by atoms with E-state index in [4.69, 9.17) is 0 Å². The predicted octanol–water partition coefficient (Wildman–Crippen LogP) is 3.56. The second-order valence-electron chi connectivity index (χ2n) is 7.42. The maximum absolute atomic E-state index is 13.9. The van der Waals surface area contributed by atoms with Crippen molar-refractivity contribution in [2.24, 2.45) is 13.0 Å². The van der Waals surface area contributed by atoms with Crippen LogP contribution in [0.4, 0.5) is 4.39 Å². The number of aromatic nitrogens is 4. The Balaban J connectivity index is 1.65. The number of aryl methyl sites for hydroxylation is 1. The first-order valence-electron chi connectivity index (χ1n) is 9.58. The van der Waals surface area contributed by atoms with E-state index in [1.54, 1.807) is 12.1 Å². The van der Waals surface area contributed by atoms with Crippen molar-refractivity contribution < 1.29 is 9.18 Å². The lowest BCUT2D eigenvalue weighted by Gasteiger charge is -2.13. The SMILES string of the molecule is CC(C)Cn1c(CNC(=O)Cc2ccn(C)c2)nnc1SCc1ccccc1F. The van der Waals surface area contributed by atoms with Crippen molar-refractivity contribution in [3.05, 3.63) is 65.5 Å². The van der Waals surface area contributed by atoms with Gasteiger partial charge in [-0.3, -0.25) is 4.79 Å². The van der Waals surface area contributed by atoms with Crippen LogP contribution in [0.2, 0.25) is 0 Å². The summed E-state index contributed by atoms with van der Waals surface area (Å²) in [5.74, 6) is 1.29. The molecule has 1 amide bonds. The lowest BCUT2D eigenvalue weighted by molar-refractivity contribution is -0.120. The minimum atomic E-state index is -0.219. The molecule has 1 aromatic carbocycles. The molecule has 0 saturated carbocycles. The highest BCUT2D eigenvalue weighted by molar-refractivity contribution is 7.98. The number of rotatable bonds is 9. The molecule has 2 aromatic heterocycles. The highest BCUT2D eigenvalue weighted by Gasteiger charge is 2.16. The second kappa shape index (κ2) is 9.73. The molecule has 0 spiro atoms. The molecule has 1 N–H and O–H groups in total. The highest BCUT2D eigenvalue weighted by atomic mass is 32.2. The Hall–Kier alpha value is -2.61. The molecule has 0 aliphatic rings. The monoisotopic (exact) mass is 415 g/mol. The molecule has 8 heteroatoms. The molecule has 0 aliphatic heterocycles. The van der Waals surface area contributed by atoms with Crippen molar-refractivity contribution in [1.29, 1.82) is 0 Å². The van der Waals surface area contributed by atoms with E-state index in [-0.39, 0.29) is 11.7 Å². The van der Waals surface area contributed by atoms with E-state index in [9.17, 15) is 9.18 Å². The minimum Gasteiger partial charge on any atom is -0.357 e. The van der Waals surface area contributed by atoms with Crippen molar-refractivity contribution in [3.8, 4) is 0 Å². The molecule has 0 atom stereocenters. The number of carbonyl (C=O) groups excluding carboxylic acids is 1. The molecule has 3 rings (SSSR count). The summed E-state index contributed by atoms with van der Waals surface area (Å²) in [5, 5.41) is 12.2. The maximum atomic E-state index is 13.9. The van der Waals surface area contributed by atoms with Gasteiger partial charge in [-0.2, -0.15) is 0 Å². The number of thioether (sulfide) groups is 1. The summed E-state index contributed by atoms with van der Waals surface area (Å²) >= 11 is 1.45. The lowest BCUT2D eigenvalue weighted by Crippen LogP contribution is -2.26. The molecule has 0 radical (unpaired) electrons. The summed E-state index contributed by atoms with van der Waals surface area (Å²) in [7, 11) is 1.93. The van der Waals surface area contributed by atoms with Gasteiger partial charge in [-0.25, -0.2) is 4.39 Å². The third kappa shape index (κ3) is 5.93. The number of hydrogen-bond acceptors (Lipinski definition) is 4. The van der Waals surface area contributed by atoms with Gasteiger partial charge in [0.15, 0.2) is 11.0 Å². The summed E-state index contributed by atoms with van der Waals surface area (Å²) < 4.78 is 17.8. The van der Waals surface area contributed by atoms with Gasteiger partial charge < -0.3 is 14.5 Å². The molecular weight excluding hydrogens is 389 g/mol. The summed E-state index contributed by atoms with van der Waals surface area (Å²) in [5.41, 5.74) is 1.60. The minimum absolute atomic E-state index is 0.0594. The summed E-state index contributed by atoms with van der Waals surface area (Å²) in [6.07, 6.45) is 4.17. The lowest BCUT2D eigenvalue weighted by atomic mass is 10.2. The molecule has 154 valence electrons. The number of benzene rings is 1. The van der Waals surface area contributed by atoms with Crippen LogP contribution >= 0.6 is 11.8 Å². The number of nitrogens with one attached hydrogen (secondary N) is 1. The number of halogens is 1. The van der Waals surface area contributed by atoms with Crippen LogP contribution in [-0.4, -0.2) is 25.2 Å². The van der Waals surface area contributed by atoms with Gasteiger partial charge in [0.25, 0.3) is 0 Å². The topological polar surface area (TPSA) is 64.7 Å². The molecule has 0 unspecified atom stereocenters. The number of carbonyl (C=O) groups is 1. The smallest absolute Gasteiger partial charge is 0.224 e. The Kier molecular flexibility index (Phi) is 7.09. The zero-order valence-corrected chi connectivity index (χ0v) is 17.7. The van der Waals surface area contributed by atoms with Crippen LogP contribution in [-0.2, 0) is 37.1 Å². The van der Waals surface area contributed by atoms with Crippen molar-refractivity contribution in [3.63, 3.8) is 0 Å². The Morgan fingerprint density at radius 2 is 2.03 bits per heavy atom. The largest absolute Gasteiger partial charge is 0.357 e. The molecule has 2 heterocycles. The van der Waals surface area contributed by atoms with Crippen LogP contribution in [0.25, 0.3) is 0 Å².